The van der Waals surface area contributed by atoms with Crippen LogP contribution in [0.15, 0.2) is 0 Å². The van der Waals surface area contributed by atoms with Crippen LogP contribution in [-0.4, -0.2) is 11.8 Å². The van der Waals surface area contributed by atoms with Crippen molar-refractivity contribution in [2.45, 2.75) is 76.0 Å². The summed E-state index contributed by atoms with van der Waals surface area (Å²) in [6.07, 6.45) is 13.0. The van der Waals surface area contributed by atoms with E-state index in [-0.39, 0.29) is 5.72 Å². The molecular weight excluding hydrogens is 174 g/mol. The number of ether oxygens (including phenoxy) is 1. The van der Waals surface area contributed by atoms with E-state index in [2.05, 4.69) is 0 Å². The van der Waals surface area contributed by atoms with Crippen LogP contribution in [-0.2, 0) is 4.74 Å². The minimum Gasteiger partial charge on any atom is -0.358 e. The van der Waals surface area contributed by atoms with Crippen LogP contribution in [0.5, 0.6) is 0 Å². The Kier molecular flexibility index (Phi) is 3.45. The van der Waals surface area contributed by atoms with Crippen molar-refractivity contribution < 1.29 is 4.74 Å². The van der Waals surface area contributed by atoms with E-state index in [4.69, 9.17) is 10.5 Å². The van der Waals surface area contributed by atoms with Crippen molar-refractivity contribution >= 4 is 0 Å². The third kappa shape index (κ3) is 2.71. The van der Waals surface area contributed by atoms with Crippen LogP contribution in [0.3, 0.4) is 0 Å². The highest BCUT2D eigenvalue weighted by molar-refractivity contribution is 4.80. The maximum Gasteiger partial charge on any atom is 0.117 e. The first-order valence-electron chi connectivity index (χ1n) is 6.25. The molecule has 14 heavy (non-hydrogen) atoms. The lowest BCUT2D eigenvalue weighted by molar-refractivity contribution is -0.120. The molecule has 2 saturated carbocycles. The van der Waals surface area contributed by atoms with Crippen LogP contribution < -0.4 is 5.73 Å². The summed E-state index contributed by atoms with van der Waals surface area (Å²) in [7, 11) is 0. The maximum absolute atomic E-state index is 6.27. The molecule has 2 aliphatic rings. The second kappa shape index (κ2) is 4.63. The molecule has 0 radical (unpaired) electrons. The number of rotatable bonds is 2. The Morgan fingerprint density at radius 2 is 1.43 bits per heavy atom. The number of hydrogen-bond donors (Lipinski definition) is 1. The first-order chi connectivity index (χ1) is 6.79. The largest absolute Gasteiger partial charge is 0.358 e. The fourth-order valence-corrected chi connectivity index (χ4v) is 2.78. The lowest BCUT2D eigenvalue weighted by Gasteiger charge is -2.38. The minimum atomic E-state index is -0.264. The van der Waals surface area contributed by atoms with E-state index in [1.54, 1.807) is 0 Å². The summed E-state index contributed by atoms with van der Waals surface area (Å²) in [5, 5.41) is 0. The van der Waals surface area contributed by atoms with Gasteiger partial charge in [0.05, 0.1) is 6.10 Å². The van der Waals surface area contributed by atoms with E-state index in [0.29, 0.717) is 6.10 Å². The number of hydrogen-bond acceptors (Lipinski definition) is 2. The van der Waals surface area contributed by atoms with Gasteiger partial charge in [0, 0.05) is 0 Å². The molecule has 0 unspecified atom stereocenters. The smallest absolute Gasteiger partial charge is 0.117 e. The monoisotopic (exact) mass is 197 g/mol. The zero-order chi connectivity index (χ0) is 9.86. The van der Waals surface area contributed by atoms with E-state index in [0.717, 1.165) is 12.8 Å². The van der Waals surface area contributed by atoms with Gasteiger partial charge in [-0.05, 0) is 38.5 Å². The van der Waals surface area contributed by atoms with Crippen LogP contribution in [0.2, 0.25) is 0 Å². The molecule has 2 fully saturated rings. The van der Waals surface area contributed by atoms with Gasteiger partial charge in [-0.1, -0.05) is 25.7 Å². The van der Waals surface area contributed by atoms with Gasteiger partial charge in [-0.25, -0.2) is 0 Å². The SMILES string of the molecule is NC1(OC2CCCCC2)CCCCC1. The van der Waals surface area contributed by atoms with Crippen molar-refractivity contribution in [1.82, 2.24) is 0 Å². The topological polar surface area (TPSA) is 35.2 Å². The van der Waals surface area contributed by atoms with Crippen LogP contribution in [0.25, 0.3) is 0 Å². The van der Waals surface area contributed by atoms with E-state index in [9.17, 15) is 0 Å². The predicted molar refractivity (Wildman–Crippen MR) is 58.0 cm³/mol. The summed E-state index contributed by atoms with van der Waals surface area (Å²) in [6, 6.07) is 0. The molecule has 0 bridgehead atoms. The Morgan fingerprint density at radius 3 is 2.07 bits per heavy atom. The van der Waals surface area contributed by atoms with Gasteiger partial charge in [-0.2, -0.15) is 0 Å². The van der Waals surface area contributed by atoms with Crippen molar-refractivity contribution in [2.24, 2.45) is 5.73 Å². The van der Waals surface area contributed by atoms with Gasteiger partial charge in [0.2, 0.25) is 0 Å². The van der Waals surface area contributed by atoms with Gasteiger partial charge in [-0.3, -0.25) is 0 Å². The van der Waals surface area contributed by atoms with E-state index >= 15 is 0 Å². The van der Waals surface area contributed by atoms with Crippen LogP contribution >= 0.6 is 0 Å². The molecule has 0 aromatic heterocycles. The van der Waals surface area contributed by atoms with E-state index in [1.165, 1.54) is 51.4 Å². The summed E-state index contributed by atoms with van der Waals surface area (Å²) in [5.74, 6) is 0. The highest BCUT2D eigenvalue weighted by Gasteiger charge is 2.31. The summed E-state index contributed by atoms with van der Waals surface area (Å²) in [4.78, 5) is 0. The summed E-state index contributed by atoms with van der Waals surface area (Å²) < 4.78 is 6.10. The van der Waals surface area contributed by atoms with Gasteiger partial charge in [0.1, 0.15) is 5.72 Å². The van der Waals surface area contributed by atoms with Gasteiger partial charge < -0.3 is 10.5 Å². The third-order valence-corrected chi connectivity index (χ3v) is 3.65. The van der Waals surface area contributed by atoms with Gasteiger partial charge in [-0.15, -0.1) is 0 Å². The zero-order valence-corrected chi connectivity index (χ0v) is 9.13. The molecule has 0 heterocycles. The Labute approximate surface area is 87.2 Å². The lowest BCUT2D eigenvalue weighted by Crippen LogP contribution is -2.47. The Balaban J connectivity index is 1.81. The van der Waals surface area contributed by atoms with Gasteiger partial charge in [0.25, 0.3) is 0 Å². The molecule has 82 valence electrons. The standard InChI is InChI=1S/C12H23NO/c13-12(9-5-2-6-10-12)14-11-7-3-1-4-8-11/h11H,1-10,13H2. The van der Waals surface area contributed by atoms with Gasteiger partial charge in [0.15, 0.2) is 0 Å². The predicted octanol–water partition coefficient (Wildman–Crippen LogP) is 2.95. The molecule has 0 saturated heterocycles. The average molecular weight is 197 g/mol. The molecule has 2 N–H and O–H groups in total. The van der Waals surface area contributed by atoms with Crippen LogP contribution in [0.4, 0.5) is 0 Å². The van der Waals surface area contributed by atoms with Crippen molar-refractivity contribution in [3.8, 4) is 0 Å². The quantitative estimate of drug-likeness (QED) is 0.691. The first kappa shape index (κ1) is 10.4. The molecule has 0 amide bonds. The molecule has 2 nitrogen and oxygen atoms in total. The lowest BCUT2D eigenvalue weighted by atomic mass is 9.91. The second-order valence-corrected chi connectivity index (χ2v) is 5.00. The van der Waals surface area contributed by atoms with E-state index in [1.807, 2.05) is 0 Å². The summed E-state index contributed by atoms with van der Waals surface area (Å²) >= 11 is 0. The van der Waals surface area contributed by atoms with Crippen LogP contribution in [0.1, 0.15) is 64.2 Å². The molecule has 2 aliphatic carbocycles. The molecule has 0 spiro atoms. The molecule has 0 aromatic rings. The molecule has 0 atom stereocenters. The molecule has 0 aliphatic heterocycles. The Morgan fingerprint density at radius 1 is 0.857 bits per heavy atom. The Hall–Kier alpha value is -0.0800. The highest BCUT2D eigenvalue weighted by Crippen LogP contribution is 2.31. The zero-order valence-electron chi connectivity index (χ0n) is 9.13. The molecule has 2 rings (SSSR count). The van der Waals surface area contributed by atoms with Crippen molar-refractivity contribution in [3.05, 3.63) is 0 Å². The molecule has 2 heteroatoms. The van der Waals surface area contributed by atoms with E-state index < -0.39 is 0 Å². The minimum absolute atomic E-state index is 0.264. The van der Waals surface area contributed by atoms with Crippen molar-refractivity contribution in [1.29, 1.82) is 0 Å². The fraction of sp³-hybridized carbons (Fsp3) is 1.00. The Bertz CT molecular complexity index is 169. The summed E-state index contributed by atoms with van der Waals surface area (Å²) in [5.41, 5.74) is 6.00. The molecule has 0 aromatic carbocycles. The maximum atomic E-state index is 6.27. The van der Waals surface area contributed by atoms with Crippen molar-refractivity contribution in [2.75, 3.05) is 0 Å². The third-order valence-electron chi connectivity index (χ3n) is 3.65. The van der Waals surface area contributed by atoms with Crippen molar-refractivity contribution in [3.63, 3.8) is 0 Å². The normalized spacial score (nSPS) is 28.9. The molecular formula is C12H23NO. The van der Waals surface area contributed by atoms with Crippen LogP contribution in [0, 0.1) is 0 Å². The fourth-order valence-electron chi connectivity index (χ4n) is 2.78. The average Bonchev–Trinajstić information content (AvgIpc) is 2.19. The number of nitrogens with two attached hydrogens (primary N) is 1. The first-order valence-corrected chi connectivity index (χ1v) is 6.25. The second-order valence-electron chi connectivity index (χ2n) is 5.00. The highest BCUT2D eigenvalue weighted by atomic mass is 16.5. The summed E-state index contributed by atoms with van der Waals surface area (Å²) in [6.45, 7) is 0. The van der Waals surface area contributed by atoms with Gasteiger partial charge >= 0.3 is 0 Å².